The number of carbonyl (C=O) groups excluding carboxylic acids is 1. The molecule has 3 N–H and O–H groups in total. The number of imidazole rings is 1. The number of anilines is 1. The van der Waals surface area contributed by atoms with E-state index in [0.29, 0.717) is 17.2 Å². The monoisotopic (exact) mass is 294 g/mol. The van der Waals surface area contributed by atoms with Crippen LogP contribution in [-0.4, -0.2) is 38.4 Å². The fourth-order valence-electron chi connectivity index (χ4n) is 2.39. The average Bonchev–Trinajstić information content (AvgIpc) is 3.07. The molecular weight excluding hydrogens is 280 g/mol. The summed E-state index contributed by atoms with van der Waals surface area (Å²) in [4.78, 5) is 26.8. The minimum absolute atomic E-state index is 0.174. The number of rotatable bonds is 4. The number of amides is 1. The second kappa shape index (κ2) is 5.72. The number of hydrogen-bond donors (Lipinski definition) is 3. The van der Waals surface area contributed by atoms with Crippen LogP contribution < -0.4 is 10.6 Å². The number of fused-ring (bicyclic) bond motifs is 1. The number of aromatic nitrogens is 4. The van der Waals surface area contributed by atoms with Gasteiger partial charge in [-0.05, 0) is 12.8 Å². The lowest BCUT2D eigenvalue weighted by atomic mass is 10.2. The third-order valence-corrected chi connectivity index (χ3v) is 3.67. The Morgan fingerprint density at radius 3 is 3.00 bits per heavy atom. The van der Waals surface area contributed by atoms with Gasteiger partial charge >= 0.3 is 0 Å². The van der Waals surface area contributed by atoms with Crippen LogP contribution in [-0.2, 0) is 4.79 Å². The molecule has 1 saturated carbocycles. The number of halogens is 1. The highest BCUT2D eigenvalue weighted by molar-refractivity contribution is 6.33. The van der Waals surface area contributed by atoms with Crippen LogP contribution in [0.2, 0.25) is 5.15 Å². The van der Waals surface area contributed by atoms with Gasteiger partial charge in [0, 0.05) is 6.04 Å². The summed E-state index contributed by atoms with van der Waals surface area (Å²) in [6.45, 7) is 0.254. The lowest BCUT2D eigenvalue weighted by Crippen LogP contribution is -2.34. The number of nitrogens with zero attached hydrogens (tertiary/aromatic N) is 3. The van der Waals surface area contributed by atoms with E-state index in [1.807, 2.05) is 0 Å². The summed E-state index contributed by atoms with van der Waals surface area (Å²) in [5, 5.41) is 6.09. The zero-order valence-electron chi connectivity index (χ0n) is 10.8. The molecule has 0 aromatic carbocycles. The molecule has 7 nitrogen and oxygen atoms in total. The van der Waals surface area contributed by atoms with Crippen LogP contribution >= 0.6 is 11.6 Å². The third-order valence-electron chi connectivity index (χ3n) is 3.40. The summed E-state index contributed by atoms with van der Waals surface area (Å²) in [6.07, 6.45) is 6.21. The van der Waals surface area contributed by atoms with Crippen molar-refractivity contribution in [3.63, 3.8) is 0 Å². The molecule has 0 atom stereocenters. The molecule has 20 heavy (non-hydrogen) atoms. The second-order valence-electron chi connectivity index (χ2n) is 4.85. The van der Waals surface area contributed by atoms with Crippen molar-refractivity contribution in [2.75, 3.05) is 11.9 Å². The maximum atomic E-state index is 11.8. The lowest BCUT2D eigenvalue weighted by Gasteiger charge is -2.11. The van der Waals surface area contributed by atoms with E-state index >= 15 is 0 Å². The van der Waals surface area contributed by atoms with Gasteiger partial charge in [-0.15, -0.1) is 0 Å². The molecule has 2 aromatic heterocycles. The van der Waals surface area contributed by atoms with Crippen molar-refractivity contribution < 1.29 is 4.79 Å². The number of aromatic amines is 1. The SMILES string of the molecule is O=C(CNC1CCCC1)Nc1nc(Cl)c2[nH]cnc2n1. The summed E-state index contributed by atoms with van der Waals surface area (Å²) in [5.74, 6) is -0.00401. The smallest absolute Gasteiger partial charge is 0.240 e. The highest BCUT2D eigenvalue weighted by Crippen LogP contribution is 2.18. The van der Waals surface area contributed by atoms with Gasteiger partial charge in [-0.25, -0.2) is 4.98 Å². The molecule has 1 aliphatic rings. The van der Waals surface area contributed by atoms with Crippen LogP contribution in [0.5, 0.6) is 0 Å². The highest BCUT2D eigenvalue weighted by atomic mass is 35.5. The van der Waals surface area contributed by atoms with Crippen molar-refractivity contribution in [3.8, 4) is 0 Å². The van der Waals surface area contributed by atoms with Crippen LogP contribution in [0.1, 0.15) is 25.7 Å². The first kappa shape index (κ1) is 13.3. The highest BCUT2D eigenvalue weighted by Gasteiger charge is 2.16. The Kier molecular flexibility index (Phi) is 3.79. The standard InChI is InChI=1S/C12H15ClN6O/c13-10-9-11(16-6-15-9)19-12(18-10)17-8(20)5-14-7-3-1-2-4-7/h6-7,14H,1-5H2,(H2,15,16,17,18,19,20). The predicted octanol–water partition coefficient (Wildman–Crippen LogP) is 1.48. The quantitative estimate of drug-likeness (QED) is 0.742. The summed E-state index contributed by atoms with van der Waals surface area (Å²) in [5.41, 5.74) is 0.998. The molecule has 1 amide bonds. The van der Waals surface area contributed by atoms with Crippen LogP contribution in [0, 0.1) is 0 Å². The number of nitrogens with one attached hydrogen (secondary N) is 3. The molecular formula is C12H15ClN6O. The number of carbonyl (C=O) groups is 1. The van der Waals surface area contributed by atoms with E-state index in [1.54, 1.807) is 0 Å². The van der Waals surface area contributed by atoms with E-state index < -0.39 is 0 Å². The van der Waals surface area contributed by atoms with Gasteiger partial charge < -0.3 is 10.3 Å². The topological polar surface area (TPSA) is 95.6 Å². The van der Waals surface area contributed by atoms with Crippen molar-refractivity contribution in [3.05, 3.63) is 11.5 Å². The Balaban J connectivity index is 1.61. The lowest BCUT2D eigenvalue weighted by molar-refractivity contribution is -0.115. The predicted molar refractivity (Wildman–Crippen MR) is 75.6 cm³/mol. The molecule has 1 fully saturated rings. The summed E-state index contributed by atoms with van der Waals surface area (Å²) >= 11 is 5.98. The zero-order valence-corrected chi connectivity index (χ0v) is 11.6. The Morgan fingerprint density at radius 2 is 2.20 bits per heavy atom. The van der Waals surface area contributed by atoms with Gasteiger partial charge in [0.05, 0.1) is 12.9 Å². The molecule has 2 heterocycles. The van der Waals surface area contributed by atoms with Crippen LogP contribution in [0.4, 0.5) is 5.95 Å². The van der Waals surface area contributed by atoms with E-state index in [9.17, 15) is 4.79 Å². The Labute approximate surface area is 120 Å². The van der Waals surface area contributed by atoms with Gasteiger partial charge in [-0.3, -0.25) is 10.1 Å². The Bertz CT molecular complexity index is 621. The molecule has 8 heteroatoms. The fraction of sp³-hybridized carbons (Fsp3) is 0.500. The normalized spacial score (nSPS) is 15.8. The minimum Gasteiger partial charge on any atom is -0.341 e. The van der Waals surface area contributed by atoms with E-state index in [-0.39, 0.29) is 23.6 Å². The fourth-order valence-corrected chi connectivity index (χ4v) is 2.61. The zero-order chi connectivity index (χ0) is 13.9. The van der Waals surface area contributed by atoms with Crippen LogP contribution in [0.3, 0.4) is 0 Å². The molecule has 2 aromatic rings. The van der Waals surface area contributed by atoms with Crippen LogP contribution in [0.25, 0.3) is 11.2 Å². The number of hydrogen-bond acceptors (Lipinski definition) is 5. The van der Waals surface area contributed by atoms with Gasteiger partial charge in [0.1, 0.15) is 5.52 Å². The first-order valence-electron chi connectivity index (χ1n) is 6.62. The van der Waals surface area contributed by atoms with Crippen molar-refractivity contribution in [2.24, 2.45) is 0 Å². The molecule has 0 aliphatic heterocycles. The molecule has 0 unspecified atom stereocenters. The molecule has 0 bridgehead atoms. The van der Waals surface area contributed by atoms with E-state index in [2.05, 4.69) is 30.6 Å². The summed E-state index contributed by atoms with van der Waals surface area (Å²) in [6, 6.07) is 0.444. The van der Waals surface area contributed by atoms with Gasteiger partial charge in [0.2, 0.25) is 11.9 Å². The van der Waals surface area contributed by atoms with E-state index in [4.69, 9.17) is 11.6 Å². The first-order valence-corrected chi connectivity index (χ1v) is 7.00. The molecule has 0 radical (unpaired) electrons. The number of H-pyrrole nitrogens is 1. The largest absolute Gasteiger partial charge is 0.341 e. The minimum atomic E-state index is -0.178. The first-order chi connectivity index (χ1) is 9.72. The summed E-state index contributed by atoms with van der Waals surface area (Å²) < 4.78 is 0. The van der Waals surface area contributed by atoms with Gasteiger partial charge in [-0.2, -0.15) is 9.97 Å². The van der Waals surface area contributed by atoms with E-state index in [1.165, 1.54) is 19.2 Å². The van der Waals surface area contributed by atoms with Crippen molar-refractivity contribution in [1.29, 1.82) is 0 Å². The Morgan fingerprint density at radius 1 is 1.40 bits per heavy atom. The van der Waals surface area contributed by atoms with Crippen molar-refractivity contribution >= 4 is 34.6 Å². The van der Waals surface area contributed by atoms with Gasteiger partial charge in [0.15, 0.2) is 10.8 Å². The van der Waals surface area contributed by atoms with Crippen molar-refractivity contribution in [2.45, 2.75) is 31.7 Å². The maximum Gasteiger partial charge on any atom is 0.240 e. The van der Waals surface area contributed by atoms with Gasteiger partial charge in [0.25, 0.3) is 0 Å². The Hall–Kier alpha value is -1.73. The molecule has 106 valence electrons. The van der Waals surface area contributed by atoms with E-state index in [0.717, 1.165) is 12.8 Å². The molecule has 0 spiro atoms. The second-order valence-corrected chi connectivity index (χ2v) is 5.21. The van der Waals surface area contributed by atoms with Crippen molar-refractivity contribution in [1.82, 2.24) is 25.3 Å². The summed E-state index contributed by atoms with van der Waals surface area (Å²) in [7, 11) is 0. The average molecular weight is 295 g/mol. The van der Waals surface area contributed by atoms with Crippen LogP contribution in [0.15, 0.2) is 6.33 Å². The molecule has 0 saturated heterocycles. The molecule has 3 rings (SSSR count). The van der Waals surface area contributed by atoms with Gasteiger partial charge in [-0.1, -0.05) is 24.4 Å². The maximum absolute atomic E-state index is 11.8. The third kappa shape index (κ3) is 2.88. The molecule has 1 aliphatic carbocycles.